The van der Waals surface area contributed by atoms with E-state index in [1.165, 1.54) is 5.56 Å². The molecule has 1 aromatic rings. The summed E-state index contributed by atoms with van der Waals surface area (Å²) in [5, 5.41) is 0. The molecule has 1 amide bonds. The fourth-order valence-corrected chi connectivity index (χ4v) is 2.61. The summed E-state index contributed by atoms with van der Waals surface area (Å²) >= 11 is 0. The van der Waals surface area contributed by atoms with Gasteiger partial charge in [0.1, 0.15) is 0 Å². The third kappa shape index (κ3) is 3.19. The van der Waals surface area contributed by atoms with Crippen molar-refractivity contribution in [3.05, 3.63) is 35.9 Å². The lowest BCUT2D eigenvalue weighted by molar-refractivity contribution is -0.140. The zero-order valence-electron chi connectivity index (χ0n) is 12.3. The van der Waals surface area contributed by atoms with E-state index < -0.39 is 5.41 Å². The summed E-state index contributed by atoms with van der Waals surface area (Å²) in [4.78, 5) is 14.3. The van der Waals surface area contributed by atoms with E-state index in [2.05, 4.69) is 12.1 Å². The molecule has 0 aromatic heterocycles. The minimum absolute atomic E-state index is 0.0931. The smallest absolute Gasteiger partial charge is 0.232 e. The van der Waals surface area contributed by atoms with Crippen LogP contribution in [0.4, 0.5) is 0 Å². The van der Waals surface area contributed by atoms with Gasteiger partial charge in [-0.2, -0.15) is 0 Å². The van der Waals surface area contributed by atoms with Crippen LogP contribution in [0.25, 0.3) is 0 Å². The average molecular weight is 276 g/mol. The maximum atomic E-state index is 12.5. The molecule has 0 spiro atoms. The number of amides is 1. The summed E-state index contributed by atoms with van der Waals surface area (Å²) in [5.74, 6) is 0.0931. The molecular weight excluding hydrogens is 252 g/mol. The highest BCUT2D eigenvalue weighted by Crippen LogP contribution is 2.29. The molecule has 2 N–H and O–H groups in total. The van der Waals surface area contributed by atoms with Gasteiger partial charge in [-0.3, -0.25) is 4.79 Å². The number of benzene rings is 1. The Kier molecular flexibility index (Phi) is 4.78. The van der Waals surface area contributed by atoms with Crippen molar-refractivity contribution in [2.24, 2.45) is 11.1 Å². The molecule has 4 nitrogen and oxygen atoms in total. The fraction of sp³-hybridized carbons (Fsp3) is 0.562. The lowest BCUT2D eigenvalue weighted by atomic mass is 9.84. The van der Waals surface area contributed by atoms with Crippen LogP contribution < -0.4 is 5.73 Å². The van der Waals surface area contributed by atoms with E-state index in [1.807, 2.05) is 32.2 Å². The molecule has 1 aliphatic rings. The molecule has 0 aliphatic carbocycles. The van der Waals surface area contributed by atoms with E-state index >= 15 is 0 Å². The predicted octanol–water partition coefficient (Wildman–Crippen LogP) is 1.44. The Hall–Kier alpha value is -1.39. The van der Waals surface area contributed by atoms with E-state index in [0.29, 0.717) is 13.2 Å². The van der Waals surface area contributed by atoms with Crippen LogP contribution >= 0.6 is 0 Å². The molecule has 1 aromatic carbocycles. The molecule has 0 saturated carbocycles. The molecule has 1 aliphatic heterocycles. The largest absolute Gasteiger partial charge is 0.379 e. The Labute approximate surface area is 120 Å². The average Bonchev–Trinajstić information content (AvgIpc) is 2.80. The molecule has 0 bridgehead atoms. The van der Waals surface area contributed by atoms with Crippen molar-refractivity contribution >= 4 is 5.91 Å². The van der Waals surface area contributed by atoms with Gasteiger partial charge in [0, 0.05) is 19.6 Å². The summed E-state index contributed by atoms with van der Waals surface area (Å²) in [6.07, 6.45) is 1.94. The van der Waals surface area contributed by atoms with Gasteiger partial charge in [-0.05, 0) is 25.3 Å². The minimum Gasteiger partial charge on any atom is -0.379 e. The molecule has 20 heavy (non-hydrogen) atoms. The van der Waals surface area contributed by atoms with Crippen molar-refractivity contribution in [3.8, 4) is 0 Å². The Balaban J connectivity index is 1.83. The summed E-state index contributed by atoms with van der Waals surface area (Å²) in [6, 6.07) is 10.1. The molecule has 1 saturated heterocycles. The second-order valence-electron chi connectivity index (χ2n) is 5.85. The van der Waals surface area contributed by atoms with Crippen molar-refractivity contribution in [2.45, 2.75) is 25.8 Å². The third-order valence-electron chi connectivity index (χ3n) is 4.15. The van der Waals surface area contributed by atoms with E-state index in [1.54, 1.807) is 4.90 Å². The van der Waals surface area contributed by atoms with Gasteiger partial charge in [0.25, 0.3) is 0 Å². The van der Waals surface area contributed by atoms with E-state index in [-0.39, 0.29) is 11.9 Å². The van der Waals surface area contributed by atoms with E-state index in [9.17, 15) is 4.79 Å². The number of rotatable bonds is 5. The molecule has 1 heterocycles. The van der Waals surface area contributed by atoms with Crippen molar-refractivity contribution in [3.63, 3.8) is 0 Å². The highest BCUT2D eigenvalue weighted by Gasteiger charge is 2.45. The predicted molar refractivity (Wildman–Crippen MR) is 79.3 cm³/mol. The summed E-state index contributed by atoms with van der Waals surface area (Å²) < 4.78 is 5.34. The van der Waals surface area contributed by atoms with Crippen LogP contribution in [-0.2, 0) is 16.0 Å². The Morgan fingerprint density at radius 2 is 2.15 bits per heavy atom. The zero-order valence-corrected chi connectivity index (χ0v) is 12.3. The maximum Gasteiger partial charge on any atom is 0.232 e. The number of carbonyl (C=O) groups excluding carboxylic acids is 1. The standard InChI is InChI=1S/C16H24N2O2/c1-16(12-20-11-14(16)17)15(19)18(2)10-6-9-13-7-4-3-5-8-13/h3-5,7-8,14H,6,9-12,17H2,1-2H3. The van der Waals surface area contributed by atoms with Gasteiger partial charge in [-0.25, -0.2) is 0 Å². The number of aryl methyl sites for hydroxylation is 1. The fourth-order valence-electron chi connectivity index (χ4n) is 2.61. The number of hydrogen-bond donors (Lipinski definition) is 1. The quantitative estimate of drug-likeness (QED) is 0.885. The van der Waals surface area contributed by atoms with E-state index in [4.69, 9.17) is 10.5 Å². The molecule has 0 radical (unpaired) electrons. The topological polar surface area (TPSA) is 55.6 Å². The van der Waals surface area contributed by atoms with Crippen LogP contribution in [0.2, 0.25) is 0 Å². The number of nitrogens with two attached hydrogens (primary N) is 1. The third-order valence-corrected chi connectivity index (χ3v) is 4.15. The molecular formula is C16H24N2O2. The zero-order chi connectivity index (χ0) is 14.6. The van der Waals surface area contributed by atoms with Crippen LogP contribution in [0.15, 0.2) is 30.3 Å². The normalized spacial score (nSPS) is 25.6. The molecule has 2 atom stereocenters. The number of nitrogens with zero attached hydrogens (tertiary/aromatic N) is 1. The molecule has 1 fully saturated rings. The first-order valence-corrected chi connectivity index (χ1v) is 7.17. The van der Waals surface area contributed by atoms with Gasteiger partial charge in [0.05, 0.1) is 18.6 Å². The van der Waals surface area contributed by atoms with Gasteiger partial charge < -0.3 is 15.4 Å². The first-order chi connectivity index (χ1) is 9.54. The molecule has 110 valence electrons. The Morgan fingerprint density at radius 1 is 1.45 bits per heavy atom. The van der Waals surface area contributed by atoms with Gasteiger partial charge in [0.2, 0.25) is 5.91 Å². The highest BCUT2D eigenvalue weighted by molar-refractivity contribution is 5.83. The lowest BCUT2D eigenvalue weighted by Crippen LogP contribution is -2.50. The van der Waals surface area contributed by atoms with Crippen LogP contribution in [-0.4, -0.2) is 43.7 Å². The summed E-state index contributed by atoms with van der Waals surface area (Å²) in [5.41, 5.74) is 6.74. The molecule has 2 unspecified atom stereocenters. The summed E-state index contributed by atoms with van der Waals surface area (Å²) in [6.45, 7) is 3.55. The minimum atomic E-state index is -0.568. The van der Waals surface area contributed by atoms with Crippen molar-refractivity contribution in [1.82, 2.24) is 4.90 Å². The van der Waals surface area contributed by atoms with Crippen LogP contribution in [0.5, 0.6) is 0 Å². The Bertz CT molecular complexity index is 449. The van der Waals surface area contributed by atoms with Crippen molar-refractivity contribution < 1.29 is 9.53 Å². The lowest BCUT2D eigenvalue weighted by Gasteiger charge is -2.30. The number of carbonyl (C=O) groups is 1. The highest BCUT2D eigenvalue weighted by atomic mass is 16.5. The molecule has 2 rings (SSSR count). The molecule has 4 heteroatoms. The SMILES string of the molecule is CN(CCCc1ccccc1)C(=O)C1(C)COCC1N. The van der Waals surface area contributed by atoms with Crippen molar-refractivity contribution in [2.75, 3.05) is 26.8 Å². The second kappa shape index (κ2) is 6.37. The van der Waals surface area contributed by atoms with Gasteiger partial charge in [-0.1, -0.05) is 30.3 Å². The van der Waals surface area contributed by atoms with Crippen LogP contribution in [0.1, 0.15) is 18.9 Å². The van der Waals surface area contributed by atoms with Crippen LogP contribution in [0.3, 0.4) is 0 Å². The summed E-state index contributed by atoms with van der Waals surface area (Å²) in [7, 11) is 1.85. The van der Waals surface area contributed by atoms with E-state index in [0.717, 1.165) is 19.4 Å². The van der Waals surface area contributed by atoms with Crippen LogP contribution in [0, 0.1) is 5.41 Å². The van der Waals surface area contributed by atoms with Gasteiger partial charge in [0.15, 0.2) is 0 Å². The second-order valence-corrected chi connectivity index (χ2v) is 5.85. The maximum absolute atomic E-state index is 12.5. The Morgan fingerprint density at radius 3 is 2.75 bits per heavy atom. The monoisotopic (exact) mass is 276 g/mol. The number of hydrogen-bond acceptors (Lipinski definition) is 3. The van der Waals surface area contributed by atoms with Gasteiger partial charge >= 0.3 is 0 Å². The number of ether oxygens (including phenoxy) is 1. The van der Waals surface area contributed by atoms with Gasteiger partial charge in [-0.15, -0.1) is 0 Å². The first kappa shape index (κ1) is 15.0. The first-order valence-electron chi connectivity index (χ1n) is 7.17. The van der Waals surface area contributed by atoms with Crippen molar-refractivity contribution in [1.29, 1.82) is 0 Å².